The molecule has 14 heavy (non-hydrogen) atoms. The Balaban J connectivity index is 2.13. The van der Waals surface area contributed by atoms with Gasteiger partial charge in [0, 0.05) is 19.7 Å². The predicted molar refractivity (Wildman–Crippen MR) is 55.1 cm³/mol. The SMILES string of the molecule is CN(C)CCNC(=O)C1CCCOC1. The van der Waals surface area contributed by atoms with Crippen molar-refractivity contribution in [1.29, 1.82) is 0 Å². The van der Waals surface area contributed by atoms with Gasteiger partial charge in [0.15, 0.2) is 0 Å². The van der Waals surface area contributed by atoms with Gasteiger partial charge in [0.25, 0.3) is 0 Å². The molecule has 1 aliphatic rings. The summed E-state index contributed by atoms with van der Waals surface area (Å²) in [5.74, 6) is 0.220. The van der Waals surface area contributed by atoms with Gasteiger partial charge in [0.05, 0.1) is 12.5 Å². The number of hydrogen-bond acceptors (Lipinski definition) is 3. The summed E-state index contributed by atoms with van der Waals surface area (Å²) >= 11 is 0. The second-order valence-electron chi connectivity index (χ2n) is 4.01. The highest BCUT2D eigenvalue weighted by molar-refractivity contribution is 5.78. The van der Waals surface area contributed by atoms with Gasteiger partial charge >= 0.3 is 0 Å². The van der Waals surface area contributed by atoms with Crippen LogP contribution in [0.2, 0.25) is 0 Å². The normalized spacial score (nSPS) is 22.4. The Morgan fingerprint density at radius 1 is 1.57 bits per heavy atom. The van der Waals surface area contributed by atoms with Crippen LogP contribution < -0.4 is 5.32 Å². The van der Waals surface area contributed by atoms with Gasteiger partial charge in [0.1, 0.15) is 0 Å². The summed E-state index contributed by atoms with van der Waals surface area (Å²) in [6.45, 7) is 3.01. The average molecular weight is 200 g/mol. The van der Waals surface area contributed by atoms with Crippen LogP contribution in [0, 0.1) is 5.92 Å². The fourth-order valence-electron chi connectivity index (χ4n) is 1.49. The first-order valence-electron chi connectivity index (χ1n) is 5.20. The van der Waals surface area contributed by atoms with E-state index in [1.807, 2.05) is 14.1 Å². The number of carbonyl (C=O) groups excluding carboxylic acids is 1. The highest BCUT2D eigenvalue weighted by Gasteiger charge is 2.20. The molecule has 0 aromatic rings. The molecule has 1 rings (SSSR count). The van der Waals surface area contributed by atoms with Crippen molar-refractivity contribution >= 4 is 5.91 Å². The highest BCUT2D eigenvalue weighted by atomic mass is 16.5. The first-order valence-corrected chi connectivity index (χ1v) is 5.20. The van der Waals surface area contributed by atoms with Crippen LogP contribution >= 0.6 is 0 Å². The predicted octanol–water partition coefficient (Wildman–Crippen LogP) is 0.0908. The average Bonchev–Trinajstić information content (AvgIpc) is 2.18. The van der Waals surface area contributed by atoms with Crippen molar-refractivity contribution in [3.8, 4) is 0 Å². The molecule has 1 amide bonds. The minimum absolute atomic E-state index is 0.0749. The van der Waals surface area contributed by atoms with Crippen molar-refractivity contribution in [2.24, 2.45) is 5.92 Å². The van der Waals surface area contributed by atoms with E-state index in [4.69, 9.17) is 4.74 Å². The molecule has 1 fully saturated rings. The number of nitrogens with one attached hydrogen (secondary N) is 1. The van der Waals surface area contributed by atoms with Crippen molar-refractivity contribution < 1.29 is 9.53 Å². The lowest BCUT2D eigenvalue weighted by Crippen LogP contribution is -2.38. The van der Waals surface area contributed by atoms with E-state index < -0.39 is 0 Å². The Kier molecular flexibility index (Phi) is 4.90. The number of nitrogens with zero attached hydrogens (tertiary/aromatic N) is 1. The van der Waals surface area contributed by atoms with E-state index in [1.54, 1.807) is 0 Å². The fraction of sp³-hybridized carbons (Fsp3) is 0.900. The number of amides is 1. The lowest BCUT2D eigenvalue weighted by atomic mass is 10.0. The highest BCUT2D eigenvalue weighted by Crippen LogP contribution is 2.12. The van der Waals surface area contributed by atoms with E-state index in [0.717, 1.165) is 32.5 Å². The van der Waals surface area contributed by atoms with Crippen LogP contribution in [0.1, 0.15) is 12.8 Å². The van der Waals surface area contributed by atoms with Crippen molar-refractivity contribution in [3.05, 3.63) is 0 Å². The summed E-state index contributed by atoms with van der Waals surface area (Å²) in [4.78, 5) is 13.6. The van der Waals surface area contributed by atoms with Crippen LogP contribution in [0.5, 0.6) is 0 Å². The van der Waals surface area contributed by atoms with E-state index in [2.05, 4.69) is 10.2 Å². The number of likely N-dealkylation sites (N-methyl/N-ethyl adjacent to an activating group) is 1. The molecule has 0 aliphatic carbocycles. The number of hydrogen-bond donors (Lipinski definition) is 1. The molecule has 1 atom stereocenters. The topological polar surface area (TPSA) is 41.6 Å². The lowest BCUT2D eigenvalue weighted by molar-refractivity contribution is -0.128. The Morgan fingerprint density at radius 2 is 2.36 bits per heavy atom. The van der Waals surface area contributed by atoms with E-state index in [0.29, 0.717) is 6.61 Å². The molecule has 4 heteroatoms. The molecule has 1 aliphatic heterocycles. The van der Waals surface area contributed by atoms with Gasteiger partial charge in [-0.3, -0.25) is 4.79 Å². The molecule has 0 aromatic carbocycles. The van der Waals surface area contributed by atoms with Crippen LogP contribution in [0.4, 0.5) is 0 Å². The van der Waals surface area contributed by atoms with Gasteiger partial charge in [-0.25, -0.2) is 0 Å². The molecule has 4 nitrogen and oxygen atoms in total. The van der Waals surface area contributed by atoms with Gasteiger partial charge in [-0.1, -0.05) is 0 Å². The van der Waals surface area contributed by atoms with Crippen molar-refractivity contribution in [2.45, 2.75) is 12.8 Å². The molecule has 0 radical (unpaired) electrons. The van der Waals surface area contributed by atoms with Gasteiger partial charge in [-0.2, -0.15) is 0 Å². The Bertz CT molecular complexity index is 177. The van der Waals surface area contributed by atoms with Crippen LogP contribution in [0.25, 0.3) is 0 Å². The molecule has 0 aromatic heterocycles. The van der Waals surface area contributed by atoms with Gasteiger partial charge in [0.2, 0.25) is 5.91 Å². The minimum Gasteiger partial charge on any atom is -0.381 e. The largest absolute Gasteiger partial charge is 0.381 e. The molecule has 0 saturated carbocycles. The lowest BCUT2D eigenvalue weighted by Gasteiger charge is -2.21. The zero-order valence-electron chi connectivity index (χ0n) is 9.08. The first-order chi connectivity index (χ1) is 6.70. The van der Waals surface area contributed by atoms with Crippen molar-refractivity contribution in [2.75, 3.05) is 40.4 Å². The monoisotopic (exact) mass is 200 g/mol. The Labute approximate surface area is 85.6 Å². The van der Waals surface area contributed by atoms with E-state index in [9.17, 15) is 4.79 Å². The summed E-state index contributed by atoms with van der Waals surface area (Å²) in [5, 5.41) is 2.92. The zero-order valence-corrected chi connectivity index (χ0v) is 9.08. The third kappa shape index (κ3) is 4.07. The molecule has 1 N–H and O–H groups in total. The van der Waals surface area contributed by atoms with Gasteiger partial charge in [-0.15, -0.1) is 0 Å². The summed E-state index contributed by atoms with van der Waals surface area (Å²) in [7, 11) is 3.99. The molecular formula is C10H20N2O2. The molecular weight excluding hydrogens is 180 g/mol. The second-order valence-corrected chi connectivity index (χ2v) is 4.01. The van der Waals surface area contributed by atoms with E-state index in [-0.39, 0.29) is 11.8 Å². The van der Waals surface area contributed by atoms with Gasteiger partial charge in [-0.05, 0) is 26.9 Å². The van der Waals surface area contributed by atoms with Crippen LogP contribution in [0.3, 0.4) is 0 Å². The molecule has 1 unspecified atom stereocenters. The molecule has 1 saturated heterocycles. The van der Waals surface area contributed by atoms with Crippen molar-refractivity contribution in [3.63, 3.8) is 0 Å². The smallest absolute Gasteiger partial charge is 0.225 e. The fourth-order valence-corrected chi connectivity index (χ4v) is 1.49. The quantitative estimate of drug-likeness (QED) is 0.699. The van der Waals surface area contributed by atoms with Gasteiger partial charge < -0.3 is 15.0 Å². The molecule has 0 bridgehead atoms. The van der Waals surface area contributed by atoms with Crippen LogP contribution in [-0.2, 0) is 9.53 Å². The maximum absolute atomic E-state index is 11.6. The third-order valence-corrected chi connectivity index (χ3v) is 2.39. The summed E-state index contributed by atoms with van der Waals surface area (Å²) in [6, 6.07) is 0. The van der Waals surface area contributed by atoms with E-state index in [1.165, 1.54) is 0 Å². The number of ether oxygens (including phenoxy) is 1. The summed E-state index contributed by atoms with van der Waals surface area (Å²) in [6.07, 6.45) is 1.97. The summed E-state index contributed by atoms with van der Waals surface area (Å²) < 4.78 is 5.26. The third-order valence-electron chi connectivity index (χ3n) is 2.39. The first kappa shape index (κ1) is 11.5. The maximum atomic E-state index is 11.6. The molecule has 82 valence electrons. The van der Waals surface area contributed by atoms with Crippen LogP contribution in [-0.4, -0.2) is 51.2 Å². The van der Waals surface area contributed by atoms with E-state index >= 15 is 0 Å². The Hall–Kier alpha value is -0.610. The number of carbonyl (C=O) groups is 1. The second kappa shape index (κ2) is 5.98. The van der Waals surface area contributed by atoms with Crippen LogP contribution in [0.15, 0.2) is 0 Å². The van der Waals surface area contributed by atoms with Crippen molar-refractivity contribution in [1.82, 2.24) is 10.2 Å². The molecule has 0 spiro atoms. The maximum Gasteiger partial charge on any atom is 0.225 e. The summed E-state index contributed by atoms with van der Waals surface area (Å²) in [5.41, 5.74) is 0. The zero-order chi connectivity index (χ0) is 10.4. The Morgan fingerprint density at radius 3 is 2.93 bits per heavy atom. The minimum atomic E-state index is 0.0749. The number of rotatable bonds is 4. The molecule has 1 heterocycles. The standard InChI is InChI=1S/C10H20N2O2/c1-12(2)6-5-11-10(13)9-4-3-7-14-8-9/h9H,3-8H2,1-2H3,(H,11,13).